The van der Waals surface area contributed by atoms with Crippen molar-refractivity contribution < 1.29 is 14.3 Å². The van der Waals surface area contributed by atoms with Crippen LogP contribution in [0.4, 0.5) is 4.79 Å². The topological polar surface area (TPSA) is 48.4 Å². The monoisotopic (exact) mass is 195 g/mol. The number of rotatable bonds is 1. The lowest BCUT2D eigenvalue weighted by Gasteiger charge is -2.18. The van der Waals surface area contributed by atoms with Crippen molar-refractivity contribution in [3.8, 4) is 5.75 Å². The molecule has 0 bridgehead atoms. The molecule has 0 radical (unpaired) electrons. The average molecular weight is 195 g/mol. The standard InChI is InChI=1S/C10H13NO3/c1-10(2,3)14-9(12)13-8-5-4-6-11-7-8/h4-7H,1-3H3. The highest BCUT2D eigenvalue weighted by Crippen LogP contribution is 2.12. The quantitative estimate of drug-likeness (QED) is 0.645. The van der Waals surface area contributed by atoms with Gasteiger partial charge in [-0.1, -0.05) is 0 Å². The second-order valence-corrected chi connectivity index (χ2v) is 3.76. The predicted molar refractivity (Wildman–Crippen MR) is 51.1 cm³/mol. The van der Waals surface area contributed by atoms with E-state index in [1.807, 2.05) is 0 Å². The van der Waals surface area contributed by atoms with Crippen LogP contribution in [-0.2, 0) is 4.74 Å². The highest BCUT2D eigenvalue weighted by atomic mass is 16.7. The van der Waals surface area contributed by atoms with Gasteiger partial charge in [0.25, 0.3) is 0 Å². The van der Waals surface area contributed by atoms with Crippen LogP contribution in [0.5, 0.6) is 5.75 Å². The lowest BCUT2D eigenvalue weighted by molar-refractivity contribution is 0.0205. The first-order valence-electron chi connectivity index (χ1n) is 4.28. The van der Waals surface area contributed by atoms with Crippen LogP contribution in [0.1, 0.15) is 20.8 Å². The summed E-state index contributed by atoms with van der Waals surface area (Å²) in [6.45, 7) is 5.33. The normalized spacial score (nSPS) is 10.8. The zero-order chi connectivity index (χ0) is 10.6. The maximum atomic E-state index is 11.2. The molecule has 0 aliphatic heterocycles. The Morgan fingerprint density at radius 1 is 1.43 bits per heavy atom. The van der Waals surface area contributed by atoms with Crippen molar-refractivity contribution in [2.24, 2.45) is 0 Å². The van der Waals surface area contributed by atoms with Gasteiger partial charge in [0.05, 0.1) is 6.20 Å². The molecule has 0 unspecified atom stereocenters. The van der Waals surface area contributed by atoms with Crippen LogP contribution >= 0.6 is 0 Å². The van der Waals surface area contributed by atoms with Crippen LogP contribution in [0, 0.1) is 0 Å². The Labute approximate surface area is 82.9 Å². The summed E-state index contributed by atoms with van der Waals surface area (Å²) < 4.78 is 9.82. The third-order valence-electron chi connectivity index (χ3n) is 1.23. The van der Waals surface area contributed by atoms with E-state index < -0.39 is 11.8 Å². The van der Waals surface area contributed by atoms with E-state index in [0.717, 1.165) is 0 Å². The summed E-state index contributed by atoms with van der Waals surface area (Å²) >= 11 is 0. The fraction of sp³-hybridized carbons (Fsp3) is 0.400. The first-order chi connectivity index (χ1) is 6.47. The van der Waals surface area contributed by atoms with Crippen LogP contribution in [0.2, 0.25) is 0 Å². The zero-order valence-electron chi connectivity index (χ0n) is 8.48. The number of pyridine rings is 1. The van der Waals surface area contributed by atoms with Crippen molar-refractivity contribution in [2.45, 2.75) is 26.4 Å². The molecule has 1 aromatic heterocycles. The minimum Gasteiger partial charge on any atom is -0.428 e. The van der Waals surface area contributed by atoms with Gasteiger partial charge < -0.3 is 9.47 Å². The van der Waals surface area contributed by atoms with Crippen molar-refractivity contribution in [2.75, 3.05) is 0 Å². The molecule has 0 saturated heterocycles. The Kier molecular flexibility index (Phi) is 3.06. The van der Waals surface area contributed by atoms with E-state index in [0.29, 0.717) is 5.75 Å². The molecule has 0 amide bonds. The van der Waals surface area contributed by atoms with Crippen LogP contribution < -0.4 is 4.74 Å². The highest BCUT2D eigenvalue weighted by molar-refractivity contribution is 5.64. The minimum atomic E-state index is -0.717. The van der Waals surface area contributed by atoms with Gasteiger partial charge in [0.15, 0.2) is 5.75 Å². The van der Waals surface area contributed by atoms with Crippen molar-refractivity contribution in [1.82, 2.24) is 4.98 Å². The fourth-order valence-electron chi connectivity index (χ4n) is 0.775. The minimum absolute atomic E-state index is 0.377. The van der Waals surface area contributed by atoms with Gasteiger partial charge in [-0.2, -0.15) is 0 Å². The molecule has 0 atom stereocenters. The van der Waals surface area contributed by atoms with Gasteiger partial charge in [0, 0.05) is 6.20 Å². The number of aromatic nitrogens is 1. The number of hydrogen-bond acceptors (Lipinski definition) is 4. The molecule has 0 aliphatic carbocycles. The Bertz CT molecular complexity index is 303. The molecule has 0 N–H and O–H groups in total. The lowest BCUT2D eigenvalue weighted by Crippen LogP contribution is -2.25. The van der Waals surface area contributed by atoms with Gasteiger partial charge in [-0.15, -0.1) is 0 Å². The van der Waals surface area contributed by atoms with E-state index in [1.54, 1.807) is 39.1 Å². The molecule has 76 valence electrons. The first kappa shape index (κ1) is 10.5. The van der Waals surface area contributed by atoms with E-state index in [-0.39, 0.29) is 0 Å². The summed E-state index contributed by atoms with van der Waals surface area (Å²) in [7, 11) is 0. The van der Waals surface area contributed by atoms with Crippen molar-refractivity contribution in [1.29, 1.82) is 0 Å². The molecule has 0 saturated carbocycles. The lowest BCUT2D eigenvalue weighted by atomic mass is 10.2. The summed E-state index contributed by atoms with van der Waals surface area (Å²) in [5.41, 5.74) is -0.542. The SMILES string of the molecule is CC(C)(C)OC(=O)Oc1cccnc1. The molecule has 4 heteroatoms. The maximum Gasteiger partial charge on any atom is 0.514 e. The van der Waals surface area contributed by atoms with E-state index in [4.69, 9.17) is 9.47 Å². The molecule has 1 heterocycles. The van der Waals surface area contributed by atoms with Crippen LogP contribution in [-0.4, -0.2) is 16.7 Å². The molecule has 0 aliphatic rings. The van der Waals surface area contributed by atoms with Gasteiger partial charge in [-0.25, -0.2) is 4.79 Å². The molecule has 4 nitrogen and oxygen atoms in total. The largest absolute Gasteiger partial charge is 0.514 e. The molecule has 0 aromatic carbocycles. The second-order valence-electron chi connectivity index (χ2n) is 3.76. The third-order valence-corrected chi connectivity index (χ3v) is 1.23. The molecule has 1 rings (SSSR count). The predicted octanol–water partition coefficient (Wildman–Crippen LogP) is 2.40. The molecular weight excluding hydrogens is 182 g/mol. The van der Waals surface area contributed by atoms with E-state index in [9.17, 15) is 4.79 Å². The van der Waals surface area contributed by atoms with Crippen LogP contribution in [0.15, 0.2) is 24.5 Å². The molecule has 0 fully saturated rings. The average Bonchev–Trinajstić information content (AvgIpc) is 2.02. The Balaban J connectivity index is 2.50. The van der Waals surface area contributed by atoms with Gasteiger partial charge in [0.1, 0.15) is 5.60 Å². The van der Waals surface area contributed by atoms with Crippen molar-refractivity contribution in [3.05, 3.63) is 24.5 Å². The maximum absolute atomic E-state index is 11.2. The zero-order valence-corrected chi connectivity index (χ0v) is 8.48. The molecule has 0 spiro atoms. The Morgan fingerprint density at radius 2 is 2.14 bits per heavy atom. The smallest absolute Gasteiger partial charge is 0.428 e. The number of ether oxygens (including phenoxy) is 2. The van der Waals surface area contributed by atoms with E-state index in [1.165, 1.54) is 6.20 Å². The summed E-state index contributed by atoms with van der Waals surface area (Å²) in [5, 5.41) is 0. The van der Waals surface area contributed by atoms with Crippen molar-refractivity contribution >= 4 is 6.16 Å². The van der Waals surface area contributed by atoms with Gasteiger partial charge >= 0.3 is 6.16 Å². The Hall–Kier alpha value is -1.58. The van der Waals surface area contributed by atoms with E-state index >= 15 is 0 Å². The highest BCUT2D eigenvalue weighted by Gasteiger charge is 2.17. The van der Waals surface area contributed by atoms with Crippen molar-refractivity contribution in [3.63, 3.8) is 0 Å². The summed E-state index contributed by atoms with van der Waals surface area (Å²) in [6, 6.07) is 3.32. The number of nitrogens with zero attached hydrogens (tertiary/aromatic N) is 1. The van der Waals surface area contributed by atoms with Gasteiger partial charge in [0.2, 0.25) is 0 Å². The summed E-state index contributed by atoms with van der Waals surface area (Å²) in [6.07, 6.45) is 2.33. The number of carbonyl (C=O) groups excluding carboxylic acids is 1. The van der Waals surface area contributed by atoms with Crippen LogP contribution in [0.25, 0.3) is 0 Å². The third kappa shape index (κ3) is 3.89. The van der Waals surface area contributed by atoms with Gasteiger partial charge in [-0.3, -0.25) is 4.98 Å². The molecule has 14 heavy (non-hydrogen) atoms. The summed E-state index contributed by atoms with van der Waals surface area (Å²) in [5.74, 6) is 0.377. The fourth-order valence-corrected chi connectivity index (χ4v) is 0.775. The molecular formula is C10H13NO3. The number of hydrogen-bond donors (Lipinski definition) is 0. The summed E-state index contributed by atoms with van der Waals surface area (Å²) in [4.78, 5) is 15.0. The van der Waals surface area contributed by atoms with Crippen LogP contribution in [0.3, 0.4) is 0 Å². The second kappa shape index (κ2) is 4.09. The van der Waals surface area contributed by atoms with Gasteiger partial charge in [-0.05, 0) is 32.9 Å². The van der Waals surface area contributed by atoms with E-state index in [2.05, 4.69) is 4.98 Å². The Morgan fingerprint density at radius 3 is 2.64 bits per heavy atom. The number of carbonyl (C=O) groups is 1. The molecule has 1 aromatic rings. The first-order valence-corrected chi connectivity index (χ1v) is 4.28.